The summed E-state index contributed by atoms with van der Waals surface area (Å²) in [5, 5.41) is 15.7. The molecule has 2 aromatic rings. The van der Waals surface area contributed by atoms with Crippen LogP contribution < -0.4 is 49.3 Å². The molecule has 15 N–H and O–H groups in total. The van der Waals surface area contributed by atoms with E-state index in [4.69, 9.17) is 34.1 Å². The first-order valence-electron chi connectivity index (χ1n) is 16.0. The van der Waals surface area contributed by atoms with Crippen molar-refractivity contribution in [3.63, 3.8) is 0 Å². The third-order valence-corrected chi connectivity index (χ3v) is 8.93. The minimum atomic E-state index is -4.13. The second kappa shape index (κ2) is 19.7. The van der Waals surface area contributed by atoms with Crippen LogP contribution in [0.4, 0.5) is 0 Å². The van der Waals surface area contributed by atoms with E-state index in [0.717, 1.165) is 11.1 Å². The average Bonchev–Trinajstić information content (AvgIpc) is 3.04. The Morgan fingerprint density at radius 2 is 1.30 bits per heavy atom. The number of carbonyl (C=O) groups is 3. The Balaban J connectivity index is 2.25. The van der Waals surface area contributed by atoms with Crippen molar-refractivity contribution in [2.75, 3.05) is 13.1 Å². The summed E-state index contributed by atoms with van der Waals surface area (Å²) in [5.74, 6) is -2.69. The largest absolute Gasteiger partial charge is 0.384 e. The van der Waals surface area contributed by atoms with Gasteiger partial charge < -0.3 is 44.6 Å². The maximum absolute atomic E-state index is 13.7. The lowest BCUT2D eigenvalue weighted by Crippen LogP contribution is -2.58. The quantitative estimate of drug-likeness (QED) is 0.0452. The zero-order valence-corrected chi connectivity index (χ0v) is 29.4. The standard InChI is InChI=1S/C32H50N12O5S/c1-19(2)26(43-29(46)25(7-5-17-40-32(37)38)44-50(48,49)23-14-8-20(3)9-15-23)30(47)42-24(6-4-16-39-31(35)36)28(45)41-18-21-10-12-22(13-11-21)27(33)34/h8-15,19,24-26,44H,4-7,16-18H2,1-3H3,(H3,33,34)(H,41,45)(H,42,47)(H,43,46)(H4,35,36,39)(H4,37,38,40)/t24-,25-,26-/m0/s1. The number of carbonyl (C=O) groups excluding carboxylic acids is 3. The van der Waals surface area contributed by atoms with Crippen LogP contribution in [0, 0.1) is 18.3 Å². The van der Waals surface area contributed by atoms with Gasteiger partial charge in [-0.25, -0.2) is 8.42 Å². The van der Waals surface area contributed by atoms with Gasteiger partial charge in [0.1, 0.15) is 24.0 Å². The minimum absolute atomic E-state index is 0.0172. The molecule has 3 atom stereocenters. The molecular formula is C32H50N12O5S. The van der Waals surface area contributed by atoms with Crippen LogP contribution in [0.1, 0.15) is 56.2 Å². The molecule has 0 unspecified atom stereocenters. The van der Waals surface area contributed by atoms with Crippen LogP contribution in [0.5, 0.6) is 0 Å². The van der Waals surface area contributed by atoms with Gasteiger partial charge in [0.15, 0.2) is 11.9 Å². The predicted octanol–water partition coefficient (Wildman–Crippen LogP) is -1.02. The zero-order valence-electron chi connectivity index (χ0n) is 28.6. The van der Waals surface area contributed by atoms with E-state index in [1.807, 2.05) is 6.92 Å². The van der Waals surface area contributed by atoms with E-state index in [9.17, 15) is 22.8 Å². The fraction of sp³-hybridized carbons (Fsp3) is 0.438. The Kier molecular flexibility index (Phi) is 16.1. The zero-order chi connectivity index (χ0) is 37.4. The molecule has 0 aliphatic rings. The molecule has 0 radical (unpaired) electrons. The van der Waals surface area contributed by atoms with Gasteiger partial charge in [-0.2, -0.15) is 4.72 Å². The van der Waals surface area contributed by atoms with Crippen LogP contribution in [0.2, 0.25) is 0 Å². The third-order valence-electron chi connectivity index (χ3n) is 7.45. The van der Waals surface area contributed by atoms with Crippen LogP contribution in [0.3, 0.4) is 0 Å². The van der Waals surface area contributed by atoms with Gasteiger partial charge in [-0.15, -0.1) is 0 Å². The number of aryl methyl sites for hydroxylation is 1. The topological polar surface area (TPSA) is 312 Å². The SMILES string of the molecule is Cc1ccc(S(=O)(=O)N[C@@H](CCCN=C(N)N)C(=O)N[C@H](C(=O)N[C@@H](CCCN=C(N)N)C(=O)NCc2ccc(C(=N)N)cc2)C(C)C)cc1. The van der Waals surface area contributed by atoms with E-state index in [1.165, 1.54) is 12.1 Å². The Morgan fingerprint density at radius 3 is 1.80 bits per heavy atom. The van der Waals surface area contributed by atoms with Crippen molar-refractivity contribution in [1.29, 1.82) is 5.41 Å². The maximum atomic E-state index is 13.7. The van der Waals surface area contributed by atoms with Crippen LogP contribution in [-0.2, 0) is 31.0 Å². The van der Waals surface area contributed by atoms with Crippen molar-refractivity contribution in [3.05, 3.63) is 65.2 Å². The second-order valence-electron chi connectivity index (χ2n) is 12.0. The lowest BCUT2D eigenvalue weighted by molar-refractivity contribution is -0.133. The monoisotopic (exact) mass is 714 g/mol. The normalized spacial score (nSPS) is 13.0. The van der Waals surface area contributed by atoms with Crippen LogP contribution in [-0.4, -0.2) is 75.1 Å². The number of aliphatic imine (C=N–C) groups is 2. The minimum Gasteiger partial charge on any atom is -0.384 e. The number of amidine groups is 1. The molecule has 0 saturated carbocycles. The van der Waals surface area contributed by atoms with E-state index in [0.29, 0.717) is 12.0 Å². The number of amides is 3. The summed E-state index contributed by atoms with van der Waals surface area (Å²) in [5.41, 5.74) is 29.3. The van der Waals surface area contributed by atoms with Gasteiger partial charge >= 0.3 is 0 Å². The highest BCUT2D eigenvalue weighted by molar-refractivity contribution is 7.89. The fourth-order valence-electron chi connectivity index (χ4n) is 4.66. The predicted molar refractivity (Wildman–Crippen MR) is 193 cm³/mol. The van der Waals surface area contributed by atoms with Gasteiger partial charge in [0, 0.05) is 25.2 Å². The van der Waals surface area contributed by atoms with Gasteiger partial charge in [-0.05, 0) is 56.2 Å². The number of nitrogens with zero attached hydrogens (tertiary/aromatic N) is 2. The molecule has 0 aliphatic carbocycles. The summed E-state index contributed by atoms with van der Waals surface area (Å²) >= 11 is 0. The van der Waals surface area contributed by atoms with Gasteiger partial charge in [0.25, 0.3) is 0 Å². The van der Waals surface area contributed by atoms with Gasteiger partial charge in [0.05, 0.1) is 4.90 Å². The molecule has 2 aromatic carbocycles. The molecule has 0 fully saturated rings. The summed E-state index contributed by atoms with van der Waals surface area (Å²) in [4.78, 5) is 48.4. The Labute approximate surface area is 292 Å². The number of nitrogen functional groups attached to an aromatic ring is 1. The molecule has 0 bridgehead atoms. The molecule has 18 heteroatoms. The number of sulfonamides is 1. The number of rotatable bonds is 20. The average molecular weight is 715 g/mol. The number of guanidine groups is 2. The van der Waals surface area contributed by atoms with Crippen molar-refractivity contribution < 1.29 is 22.8 Å². The molecule has 0 heterocycles. The third kappa shape index (κ3) is 14.1. The number of benzene rings is 2. The molecular weight excluding hydrogens is 664 g/mol. The molecule has 17 nitrogen and oxygen atoms in total. The van der Waals surface area contributed by atoms with Crippen LogP contribution >= 0.6 is 0 Å². The van der Waals surface area contributed by atoms with Gasteiger partial charge in [0.2, 0.25) is 27.7 Å². The smallest absolute Gasteiger partial charge is 0.243 e. The van der Waals surface area contributed by atoms with Crippen LogP contribution in [0.25, 0.3) is 0 Å². The molecule has 274 valence electrons. The fourth-order valence-corrected chi connectivity index (χ4v) is 5.89. The number of hydrogen-bond donors (Lipinski definition) is 10. The first-order chi connectivity index (χ1) is 23.5. The summed E-state index contributed by atoms with van der Waals surface area (Å²) in [6.07, 6.45) is 0.783. The van der Waals surface area contributed by atoms with E-state index in [2.05, 4.69) is 30.7 Å². The first-order valence-corrected chi connectivity index (χ1v) is 17.5. The molecule has 0 aliphatic heterocycles. The highest BCUT2D eigenvalue weighted by Gasteiger charge is 2.32. The number of nitrogens with one attached hydrogen (secondary N) is 5. The highest BCUT2D eigenvalue weighted by atomic mass is 32.2. The Morgan fingerprint density at radius 1 is 0.760 bits per heavy atom. The Hall–Kier alpha value is -5.23. The molecule has 0 aromatic heterocycles. The van der Waals surface area contributed by atoms with E-state index in [1.54, 1.807) is 50.2 Å². The van der Waals surface area contributed by atoms with Crippen molar-refractivity contribution in [3.8, 4) is 0 Å². The van der Waals surface area contributed by atoms with Crippen molar-refractivity contribution in [2.24, 2.45) is 44.6 Å². The molecule has 0 spiro atoms. The van der Waals surface area contributed by atoms with Gasteiger partial charge in [-0.3, -0.25) is 29.8 Å². The van der Waals surface area contributed by atoms with Gasteiger partial charge in [-0.1, -0.05) is 55.8 Å². The lowest BCUT2D eigenvalue weighted by Gasteiger charge is -2.27. The second-order valence-corrected chi connectivity index (χ2v) is 13.7. The summed E-state index contributed by atoms with van der Waals surface area (Å²) in [7, 11) is -4.13. The van der Waals surface area contributed by atoms with Crippen molar-refractivity contribution >= 4 is 45.5 Å². The van der Waals surface area contributed by atoms with E-state index >= 15 is 0 Å². The summed E-state index contributed by atoms with van der Waals surface area (Å²) in [6, 6.07) is 9.42. The molecule has 3 amide bonds. The van der Waals surface area contributed by atoms with E-state index < -0.39 is 51.8 Å². The number of hydrogen-bond acceptors (Lipinski definition) is 8. The highest BCUT2D eigenvalue weighted by Crippen LogP contribution is 2.14. The molecule has 0 saturated heterocycles. The summed E-state index contributed by atoms with van der Waals surface area (Å²) < 4.78 is 28.9. The van der Waals surface area contributed by atoms with Crippen molar-refractivity contribution in [1.82, 2.24) is 20.7 Å². The van der Waals surface area contributed by atoms with E-state index in [-0.39, 0.29) is 61.5 Å². The van der Waals surface area contributed by atoms with Crippen LogP contribution in [0.15, 0.2) is 63.4 Å². The molecule has 2 rings (SSSR count). The van der Waals surface area contributed by atoms with Crippen molar-refractivity contribution in [2.45, 2.75) is 76.0 Å². The first kappa shape index (κ1) is 40.9. The summed E-state index contributed by atoms with van der Waals surface area (Å²) in [6.45, 7) is 5.70. The number of nitrogens with two attached hydrogens (primary N) is 5. The maximum Gasteiger partial charge on any atom is 0.243 e. The Bertz CT molecular complexity index is 1620. The lowest BCUT2D eigenvalue weighted by atomic mass is 10.0. The molecule has 50 heavy (non-hydrogen) atoms.